The number of aryl methyl sites for hydroxylation is 1. The lowest BCUT2D eigenvalue weighted by Gasteiger charge is -2.18. The Bertz CT molecular complexity index is 290. The molecule has 86 valence electrons. The van der Waals surface area contributed by atoms with E-state index in [1.54, 1.807) is 14.2 Å². The molecule has 0 fully saturated rings. The van der Waals surface area contributed by atoms with Gasteiger partial charge in [-0.05, 0) is 12.3 Å². The van der Waals surface area contributed by atoms with Gasteiger partial charge in [0.15, 0.2) is 5.82 Å². The number of hydrogen-bond acceptors (Lipinski definition) is 6. The highest BCUT2D eigenvalue weighted by atomic mass is 16.5. The molecule has 0 aliphatic heterocycles. The minimum absolute atomic E-state index is 0.332. The maximum absolute atomic E-state index is 9.47. The number of aliphatic hydroxyl groups is 1. The van der Waals surface area contributed by atoms with E-state index < -0.39 is 6.10 Å². The second-order valence-corrected chi connectivity index (χ2v) is 3.50. The Morgan fingerprint density at radius 3 is 2.87 bits per heavy atom. The highest BCUT2D eigenvalue weighted by molar-refractivity contribution is 4.76. The number of ether oxygens (including phenoxy) is 1. The zero-order valence-corrected chi connectivity index (χ0v) is 9.29. The van der Waals surface area contributed by atoms with Crippen molar-refractivity contribution >= 4 is 0 Å². The van der Waals surface area contributed by atoms with Crippen LogP contribution in [0.5, 0.6) is 0 Å². The van der Waals surface area contributed by atoms with Gasteiger partial charge in [0.2, 0.25) is 0 Å². The minimum atomic E-state index is -0.489. The Morgan fingerprint density at radius 1 is 1.60 bits per heavy atom. The lowest BCUT2D eigenvalue weighted by atomic mass is 10.3. The van der Waals surface area contributed by atoms with E-state index >= 15 is 0 Å². The number of nitrogens with zero attached hydrogens (tertiary/aromatic N) is 5. The quantitative estimate of drug-likeness (QED) is 0.632. The number of tetrazole rings is 1. The highest BCUT2D eigenvalue weighted by Gasteiger charge is 2.10. The van der Waals surface area contributed by atoms with Gasteiger partial charge in [0, 0.05) is 13.7 Å². The van der Waals surface area contributed by atoms with Crippen LogP contribution in [0.15, 0.2) is 0 Å². The van der Waals surface area contributed by atoms with Crippen LogP contribution >= 0.6 is 0 Å². The van der Waals surface area contributed by atoms with Gasteiger partial charge < -0.3 is 9.84 Å². The first-order valence-electron chi connectivity index (χ1n) is 4.70. The van der Waals surface area contributed by atoms with Gasteiger partial charge in [-0.2, -0.15) is 4.80 Å². The number of methoxy groups -OCH3 is 1. The molecule has 0 radical (unpaired) electrons. The molecule has 0 aliphatic carbocycles. The van der Waals surface area contributed by atoms with Gasteiger partial charge in [-0.25, -0.2) is 0 Å². The lowest BCUT2D eigenvalue weighted by Crippen LogP contribution is -2.31. The minimum Gasteiger partial charge on any atom is -0.389 e. The summed E-state index contributed by atoms with van der Waals surface area (Å²) in [5.41, 5.74) is 0. The first-order chi connectivity index (χ1) is 7.11. The van der Waals surface area contributed by atoms with E-state index in [1.165, 1.54) is 4.80 Å². The average Bonchev–Trinajstić information content (AvgIpc) is 2.51. The monoisotopic (exact) mass is 215 g/mol. The summed E-state index contributed by atoms with van der Waals surface area (Å²) in [4.78, 5) is 3.33. The van der Waals surface area contributed by atoms with E-state index in [-0.39, 0.29) is 0 Å². The molecule has 1 aromatic heterocycles. The summed E-state index contributed by atoms with van der Waals surface area (Å²) >= 11 is 0. The molecule has 0 spiro atoms. The molecule has 1 heterocycles. The van der Waals surface area contributed by atoms with Crippen molar-refractivity contribution in [3.63, 3.8) is 0 Å². The standard InChI is InChI=1S/C8H17N5O2/c1-12(4-7(14)6-15-3)5-8-9-11-13(2)10-8/h7,14H,4-6H2,1-3H3. The van der Waals surface area contributed by atoms with Crippen LogP contribution in [0, 0.1) is 0 Å². The third-order valence-electron chi connectivity index (χ3n) is 1.84. The topological polar surface area (TPSA) is 76.3 Å². The van der Waals surface area contributed by atoms with Crippen LogP contribution in [-0.4, -0.2) is 63.6 Å². The number of aliphatic hydroxyl groups excluding tert-OH is 1. The molecule has 1 unspecified atom stereocenters. The predicted molar refractivity (Wildman–Crippen MR) is 53.0 cm³/mol. The third-order valence-corrected chi connectivity index (χ3v) is 1.84. The van der Waals surface area contributed by atoms with Gasteiger partial charge in [-0.1, -0.05) is 0 Å². The summed E-state index contributed by atoms with van der Waals surface area (Å²) in [6.07, 6.45) is -0.489. The summed E-state index contributed by atoms with van der Waals surface area (Å²) in [7, 11) is 5.17. The maximum Gasteiger partial charge on any atom is 0.188 e. The van der Waals surface area contributed by atoms with E-state index in [0.29, 0.717) is 25.5 Å². The van der Waals surface area contributed by atoms with Crippen molar-refractivity contribution in [2.24, 2.45) is 7.05 Å². The molecule has 1 atom stereocenters. The van der Waals surface area contributed by atoms with Crippen molar-refractivity contribution in [3.8, 4) is 0 Å². The van der Waals surface area contributed by atoms with Crippen molar-refractivity contribution in [1.29, 1.82) is 0 Å². The van der Waals surface area contributed by atoms with Crippen LogP contribution in [-0.2, 0) is 18.3 Å². The molecule has 0 saturated heterocycles. The summed E-state index contributed by atoms with van der Waals surface area (Å²) in [6.45, 7) is 1.42. The molecule has 0 bridgehead atoms. The molecule has 1 aromatic rings. The molecular formula is C8H17N5O2. The molecule has 7 heteroatoms. The molecule has 1 rings (SSSR count). The molecule has 0 saturated carbocycles. The van der Waals surface area contributed by atoms with Crippen LogP contribution in [0.4, 0.5) is 0 Å². The Hall–Kier alpha value is -1.05. The maximum atomic E-state index is 9.47. The number of likely N-dealkylation sites (N-methyl/N-ethyl adjacent to an activating group) is 1. The smallest absolute Gasteiger partial charge is 0.188 e. The second-order valence-electron chi connectivity index (χ2n) is 3.50. The fourth-order valence-electron chi connectivity index (χ4n) is 1.30. The van der Waals surface area contributed by atoms with Crippen LogP contribution in [0.25, 0.3) is 0 Å². The number of aromatic nitrogens is 4. The van der Waals surface area contributed by atoms with Crippen molar-refractivity contribution in [2.45, 2.75) is 12.6 Å². The molecule has 7 nitrogen and oxygen atoms in total. The van der Waals surface area contributed by atoms with Gasteiger partial charge >= 0.3 is 0 Å². The van der Waals surface area contributed by atoms with E-state index in [9.17, 15) is 5.11 Å². The van der Waals surface area contributed by atoms with E-state index in [2.05, 4.69) is 15.4 Å². The summed E-state index contributed by atoms with van der Waals surface area (Å²) in [5.74, 6) is 0.643. The SMILES string of the molecule is COCC(O)CN(C)Cc1nnn(C)n1. The summed E-state index contributed by atoms with van der Waals surface area (Å²) in [6, 6.07) is 0. The first kappa shape index (κ1) is 12.0. The fourth-order valence-corrected chi connectivity index (χ4v) is 1.30. The first-order valence-corrected chi connectivity index (χ1v) is 4.70. The zero-order valence-electron chi connectivity index (χ0n) is 9.29. The Labute approximate surface area is 88.6 Å². The highest BCUT2D eigenvalue weighted by Crippen LogP contribution is 1.96. The Morgan fingerprint density at radius 2 is 2.33 bits per heavy atom. The molecule has 15 heavy (non-hydrogen) atoms. The van der Waals surface area contributed by atoms with E-state index in [0.717, 1.165) is 0 Å². The summed E-state index contributed by atoms with van der Waals surface area (Å²) < 4.78 is 4.83. The molecule has 0 aromatic carbocycles. The molecular weight excluding hydrogens is 198 g/mol. The lowest BCUT2D eigenvalue weighted by molar-refractivity contribution is 0.0414. The molecule has 0 aliphatic rings. The number of rotatable bonds is 6. The second kappa shape index (κ2) is 5.74. The number of hydrogen-bond donors (Lipinski definition) is 1. The fraction of sp³-hybridized carbons (Fsp3) is 0.875. The van der Waals surface area contributed by atoms with Crippen LogP contribution in [0.3, 0.4) is 0 Å². The third kappa shape index (κ3) is 4.32. The average molecular weight is 215 g/mol. The van der Waals surface area contributed by atoms with Crippen LogP contribution in [0.1, 0.15) is 5.82 Å². The van der Waals surface area contributed by atoms with Crippen molar-refractivity contribution in [2.75, 3.05) is 27.3 Å². The zero-order chi connectivity index (χ0) is 11.3. The van der Waals surface area contributed by atoms with Crippen molar-refractivity contribution in [1.82, 2.24) is 25.1 Å². The molecule has 0 amide bonds. The predicted octanol–water partition coefficient (Wildman–Crippen LogP) is -1.35. The largest absolute Gasteiger partial charge is 0.389 e. The Kier molecular flexibility index (Phi) is 4.60. The Balaban J connectivity index is 2.32. The van der Waals surface area contributed by atoms with Gasteiger partial charge in [-0.15, -0.1) is 10.2 Å². The summed E-state index contributed by atoms with van der Waals surface area (Å²) in [5, 5.41) is 21.1. The van der Waals surface area contributed by atoms with E-state index in [4.69, 9.17) is 4.74 Å². The van der Waals surface area contributed by atoms with Gasteiger partial charge in [0.25, 0.3) is 0 Å². The van der Waals surface area contributed by atoms with Crippen LogP contribution < -0.4 is 0 Å². The van der Waals surface area contributed by atoms with Crippen LogP contribution in [0.2, 0.25) is 0 Å². The van der Waals surface area contributed by atoms with E-state index in [1.807, 2.05) is 11.9 Å². The van der Waals surface area contributed by atoms with Crippen molar-refractivity contribution < 1.29 is 9.84 Å². The van der Waals surface area contributed by atoms with Gasteiger partial charge in [-0.3, -0.25) is 4.90 Å². The van der Waals surface area contributed by atoms with Crippen molar-refractivity contribution in [3.05, 3.63) is 5.82 Å². The normalized spacial score (nSPS) is 13.4. The van der Waals surface area contributed by atoms with Gasteiger partial charge in [0.05, 0.1) is 26.3 Å². The van der Waals surface area contributed by atoms with Gasteiger partial charge in [0.1, 0.15) is 0 Å². The molecule has 1 N–H and O–H groups in total.